The fourth-order valence-corrected chi connectivity index (χ4v) is 3.09. The summed E-state index contributed by atoms with van der Waals surface area (Å²) in [6.07, 6.45) is 0. The number of hydrogen-bond donors (Lipinski definition) is 3. The fourth-order valence-electron chi connectivity index (χ4n) is 1.64. The Balaban J connectivity index is 1.54. The predicted octanol–water partition coefficient (Wildman–Crippen LogP) is 1.84. The summed E-state index contributed by atoms with van der Waals surface area (Å²) in [4.78, 5) is 15.6. The Labute approximate surface area is 138 Å². The highest BCUT2D eigenvalue weighted by atomic mass is 32.2. The number of amides is 1. The Bertz CT molecular complexity index is 600. The summed E-state index contributed by atoms with van der Waals surface area (Å²) in [7, 11) is 0. The van der Waals surface area contributed by atoms with Crippen molar-refractivity contribution >= 4 is 35.4 Å². The molecular weight excluding hydrogens is 318 g/mol. The standard InChI is InChI=1S/C14H19N5OS2/c1-10-2-4-11(5-3-10)8-21-7-6-16-12(20)9-22-14-17-13(15)18-19-14/h2-5H,6-9H2,1H3,(H,16,20)(H3,15,17,18,19). The molecule has 2 aromatic rings. The van der Waals surface area contributed by atoms with Crippen molar-refractivity contribution in [2.45, 2.75) is 17.8 Å². The number of rotatable bonds is 8. The van der Waals surface area contributed by atoms with Crippen LogP contribution in [0.3, 0.4) is 0 Å². The van der Waals surface area contributed by atoms with Gasteiger partial charge < -0.3 is 11.1 Å². The topological polar surface area (TPSA) is 96.7 Å². The van der Waals surface area contributed by atoms with E-state index in [1.807, 2.05) is 0 Å². The molecule has 0 spiro atoms. The molecular formula is C14H19N5OS2. The van der Waals surface area contributed by atoms with E-state index in [9.17, 15) is 4.79 Å². The van der Waals surface area contributed by atoms with Crippen molar-refractivity contribution in [3.8, 4) is 0 Å². The maximum Gasteiger partial charge on any atom is 0.230 e. The first kappa shape index (κ1) is 16.7. The fraction of sp³-hybridized carbons (Fsp3) is 0.357. The number of nitrogens with zero attached hydrogens (tertiary/aromatic N) is 2. The first-order valence-electron chi connectivity index (χ1n) is 6.84. The quantitative estimate of drug-likeness (QED) is 0.502. The van der Waals surface area contributed by atoms with Gasteiger partial charge in [-0.3, -0.25) is 4.79 Å². The zero-order chi connectivity index (χ0) is 15.8. The number of thioether (sulfide) groups is 2. The molecule has 0 unspecified atom stereocenters. The van der Waals surface area contributed by atoms with Gasteiger partial charge in [-0.1, -0.05) is 41.6 Å². The summed E-state index contributed by atoms with van der Waals surface area (Å²) < 4.78 is 0. The molecule has 0 saturated carbocycles. The minimum atomic E-state index is -0.0238. The maximum absolute atomic E-state index is 11.7. The third-order valence-corrected chi connectivity index (χ3v) is 4.65. The van der Waals surface area contributed by atoms with Crippen LogP contribution in [0, 0.1) is 6.92 Å². The van der Waals surface area contributed by atoms with Gasteiger partial charge in [0.1, 0.15) is 0 Å². The molecule has 4 N–H and O–H groups in total. The van der Waals surface area contributed by atoms with Gasteiger partial charge in [-0.05, 0) is 12.5 Å². The third kappa shape index (κ3) is 5.98. The van der Waals surface area contributed by atoms with Crippen LogP contribution in [-0.4, -0.2) is 39.1 Å². The Morgan fingerprint density at radius 2 is 2.14 bits per heavy atom. The Morgan fingerprint density at radius 1 is 1.36 bits per heavy atom. The van der Waals surface area contributed by atoms with Crippen LogP contribution in [0.25, 0.3) is 0 Å². The van der Waals surface area contributed by atoms with Gasteiger partial charge in [-0.2, -0.15) is 16.7 Å². The molecule has 2 rings (SSSR count). The van der Waals surface area contributed by atoms with Gasteiger partial charge in [-0.15, -0.1) is 5.10 Å². The number of aromatic nitrogens is 3. The molecule has 8 heteroatoms. The van der Waals surface area contributed by atoms with E-state index in [1.54, 1.807) is 11.8 Å². The van der Waals surface area contributed by atoms with Crippen molar-refractivity contribution in [2.75, 3.05) is 23.8 Å². The van der Waals surface area contributed by atoms with E-state index < -0.39 is 0 Å². The lowest BCUT2D eigenvalue weighted by molar-refractivity contribution is -0.118. The molecule has 0 atom stereocenters. The predicted molar refractivity (Wildman–Crippen MR) is 91.9 cm³/mol. The SMILES string of the molecule is Cc1ccc(CSCCNC(=O)CSc2n[nH]c(N)n2)cc1. The summed E-state index contributed by atoms with van der Waals surface area (Å²) >= 11 is 3.06. The van der Waals surface area contributed by atoms with Crippen molar-refractivity contribution in [1.29, 1.82) is 0 Å². The third-order valence-electron chi connectivity index (χ3n) is 2.77. The number of carbonyl (C=O) groups is 1. The second-order valence-electron chi connectivity index (χ2n) is 4.68. The lowest BCUT2D eigenvalue weighted by Gasteiger charge is -2.05. The van der Waals surface area contributed by atoms with Gasteiger partial charge in [0.05, 0.1) is 5.75 Å². The highest BCUT2D eigenvalue weighted by Crippen LogP contribution is 2.13. The van der Waals surface area contributed by atoms with Gasteiger partial charge in [0, 0.05) is 18.1 Å². The van der Waals surface area contributed by atoms with Crippen molar-refractivity contribution < 1.29 is 4.79 Å². The van der Waals surface area contributed by atoms with Gasteiger partial charge in [0.25, 0.3) is 0 Å². The van der Waals surface area contributed by atoms with Crippen LogP contribution in [0.15, 0.2) is 29.4 Å². The van der Waals surface area contributed by atoms with Crippen LogP contribution in [0.5, 0.6) is 0 Å². The molecule has 6 nitrogen and oxygen atoms in total. The van der Waals surface area contributed by atoms with E-state index in [0.717, 1.165) is 11.5 Å². The van der Waals surface area contributed by atoms with Gasteiger partial charge in [0.2, 0.25) is 17.0 Å². The molecule has 0 aliphatic rings. The highest BCUT2D eigenvalue weighted by molar-refractivity contribution is 7.99. The number of nitrogens with one attached hydrogen (secondary N) is 2. The van der Waals surface area contributed by atoms with Gasteiger partial charge in [-0.25, -0.2) is 5.10 Å². The summed E-state index contributed by atoms with van der Waals surface area (Å²) in [5, 5.41) is 9.75. The summed E-state index contributed by atoms with van der Waals surface area (Å²) in [5.41, 5.74) is 7.98. The molecule has 0 aliphatic carbocycles. The molecule has 0 radical (unpaired) electrons. The highest BCUT2D eigenvalue weighted by Gasteiger charge is 2.06. The molecule has 0 aliphatic heterocycles. The average Bonchev–Trinajstić information content (AvgIpc) is 2.92. The summed E-state index contributed by atoms with van der Waals surface area (Å²) in [6.45, 7) is 2.74. The van der Waals surface area contributed by atoms with Crippen LogP contribution >= 0.6 is 23.5 Å². The first-order chi connectivity index (χ1) is 10.6. The largest absolute Gasteiger partial charge is 0.368 e. The van der Waals surface area contributed by atoms with Crippen LogP contribution in [0.1, 0.15) is 11.1 Å². The number of aryl methyl sites for hydroxylation is 1. The number of carbonyl (C=O) groups excluding carboxylic acids is 1. The molecule has 0 fully saturated rings. The molecule has 118 valence electrons. The molecule has 1 amide bonds. The van der Waals surface area contributed by atoms with Crippen LogP contribution in [0.2, 0.25) is 0 Å². The van der Waals surface area contributed by atoms with E-state index in [0.29, 0.717) is 17.5 Å². The van der Waals surface area contributed by atoms with Crippen molar-refractivity contribution in [3.63, 3.8) is 0 Å². The maximum atomic E-state index is 11.7. The molecule has 1 aromatic carbocycles. The van der Waals surface area contributed by atoms with Crippen molar-refractivity contribution in [3.05, 3.63) is 35.4 Å². The Hall–Kier alpha value is -1.67. The van der Waals surface area contributed by atoms with Crippen LogP contribution < -0.4 is 11.1 Å². The van der Waals surface area contributed by atoms with Crippen LogP contribution in [-0.2, 0) is 10.5 Å². The number of nitrogen functional groups attached to an aromatic ring is 1. The monoisotopic (exact) mass is 337 g/mol. The molecule has 1 aromatic heterocycles. The van der Waals surface area contributed by atoms with E-state index in [2.05, 4.69) is 51.7 Å². The number of anilines is 1. The Kier molecular flexibility index (Phi) is 6.60. The molecule has 22 heavy (non-hydrogen) atoms. The number of nitrogens with two attached hydrogens (primary N) is 1. The normalized spacial score (nSPS) is 10.6. The molecule has 0 saturated heterocycles. The molecule has 1 heterocycles. The lowest BCUT2D eigenvalue weighted by atomic mass is 10.2. The van der Waals surface area contributed by atoms with Crippen molar-refractivity contribution in [2.24, 2.45) is 0 Å². The Morgan fingerprint density at radius 3 is 2.82 bits per heavy atom. The summed E-state index contributed by atoms with van der Waals surface area (Å²) in [5.74, 6) is 2.37. The number of H-pyrrole nitrogens is 1. The van der Waals surface area contributed by atoms with E-state index >= 15 is 0 Å². The summed E-state index contributed by atoms with van der Waals surface area (Å²) in [6, 6.07) is 8.51. The number of aromatic amines is 1. The lowest BCUT2D eigenvalue weighted by Crippen LogP contribution is -2.27. The van der Waals surface area contributed by atoms with E-state index in [-0.39, 0.29) is 11.9 Å². The van der Waals surface area contributed by atoms with Gasteiger partial charge in [0.15, 0.2) is 0 Å². The molecule has 0 bridgehead atoms. The first-order valence-corrected chi connectivity index (χ1v) is 8.98. The smallest absolute Gasteiger partial charge is 0.230 e. The average molecular weight is 337 g/mol. The van der Waals surface area contributed by atoms with E-state index in [4.69, 9.17) is 5.73 Å². The van der Waals surface area contributed by atoms with E-state index in [1.165, 1.54) is 22.9 Å². The zero-order valence-electron chi connectivity index (χ0n) is 12.3. The number of benzene rings is 1. The minimum Gasteiger partial charge on any atom is -0.368 e. The van der Waals surface area contributed by atoms with Crippen molar-refractivity contribution in [1.82, 2.24) is 20.5 Å². The zero-order valence-corrected chi connectivity index (χ0v) is 14.0. The second-order valence-corrected chi connectivity index (χ2v) is 6.73. The van der Waals surface area contributed by atoms with Gasteiger partial charge >= 0.3 is 0 Å². The minimum absolute atomic E-state index is 0.0238. The van der Waals surface area contributed by atoms with Crippen LogP contribution in [0.4, 0.5) is 5.95 Å². The number of hydrogen-bond acceptors (Lipinski definition) is 6. The second kappa shape index (κ2) is 8.70.